The van der Waals surface area contributed by atoms with Crippen molar-refractivity contribution in [3.8, 4) is 0 Å². The molecule has 0 unspecified atom stereocenters. The summed E-state index contributed by atoms with van der Waals surface area (Å²) in [6.07, 6.45) is 0. The molecule has 112 valence electrons. The molecule has 3 N–H and O–H groups in total. The Labute approximate surface area is 121 Å². The van der Waals surface area contributed by atoms with Crippen LogP contribution in [0.4, 0.5) is 11.4 Å². The zero-order chi connectivity index (χ0) is 15.7. The summed E-state index contributed by atoms with van der Waals surface area (Å²) < 4.78 is 61.2. The van der Waals surface area contributed by atoms with Crippen LogP contribution >= 0.6 is 0 Å². The molecule has 0 aromatic heterocycles. The number of rotatable bonds is 4. The van der Waals surface area contributed by atoms with E-state index in [1.165, 1.54) is 48.5 Å². The molecule has 0 fully saturated rings. The Morgan fingerprint density at radius 2 is 0.905 bits per heavy atom. The standard InChI is InChI=1S/C12H11NO6S2/c14-20(15,16)11-5-1-9(2-6-11)13-10-3-7-12(8-4-10)21(17,18)19/h1-8,13H,(H,14,15,16)(H,17,18,19). The van der Waals surface area contributed by atoms with Crippen molar-refractivity contribution in [1.29, 1.82) is 0 Å². The van der Waals surface area contributed by atoms with E-state index in [4.69, 9.17) is 9.11 Å². The van der Waals surface area contributed by atoms with Gasteiger partial charge in [0, 0.05) is 11.4 Å². The highest BCUT2D eigenvalue weighted by Crippen LogP contribution is 2.20. The minimum Gasteiger partial charge on any atom is -0.356 e. The van der Waals surface area contributed by atoms with E-state index in [0.717, 1.165) is 0 Å². The Kier molecular flexibility index (Phi) is 4.01. The van der Waals surface area contributed by atoms with Crippen molar-refractivity contribution in [2.45, 2.75) is 9.79 Å². The SMILES string of the molecule is O=S(=O)(O)c1ccc(Nc2ccc(S(=O)(=O)O)cc2)cc1. The molecule has 0 aliphatic heterocycles. The fraction of sp³-hybridized carbons (Fsp3) is 0. The maximum atomic E-state index is 10.9. The monoisotopic (exact) mass is 329 g/mol. The highest BCUT2D eigenvalue weighted by atomic mass is 32.2. The molecule has 0 aliphatic carbocycles. The van der Waals surface area contributed by atoms with Crippen molar-refractivity contribution >= 4 is 31.6 Å². The third kappa shape index (κ3) is 4.02. The molecule has 0 amide bonds. The molecule has 2 aromatic rings. The molecular weight excluding hydrogens is 318 g/mol. The summed E-state index contributed by atoms with van der Waals surface area (Å²) in [6.45, 7) is 0. The molecular formula is C12H11NO6S2. The lowest BCUT2D eigenvalue weighted by Crippen LogP contribution is -1.99. The van der Waals surface area contributed by atoms with Crippen LogP contribution < -0.4 is 5.32 Å². The maximum Gasteiger partial charge on any atom is 0.294 e. The third-order valence-corrected chi connectivity index (χ3v) is 4.33. The van der Waals surface area contributed by atoms with Crippen LogP contribution in [0.25, 0.3) is 0 Å². The molecule has 0 aliphatic rings. The van der Waals surface area contributed by atoms with Gasteiger partial charge in [-0.25, -0.2) is 0 Å². The zero-order valence-electron chi connectivity index (χ0n) is 10.5. The number of anilines is 2. The third-order valence-electron chi connectivity index (χ3n) is 2.59. The first-order chi connectivity index (χ1) is 9.66. The largest absolute Gasteiger partial charge is 0.356 e. The average Bonchev–Trinajstić information content (AvgIpc) is 2.38. The Hall–Kier alpha value is -1.94. The van der Waals surface area contributed by atoms with E-state index in [9.17, 15) is 16.8 Å². The van der Waals surface area contributed by atoms with E-state index in [0.29, 0.717) is 11.4 Å². The Morgan fingerprint density at radius 1 is 0.619 bits per heavy atom. The molecule has 0 heterocycles. The number of benzene rings is 2. The number of nitrogens with one attached hydrogen (secondary N) is 1. The number of hydrogen-bond acceptors (Lipinski definition) is 5. The van der Waals surface area contributed by atoms with E-state index in [1.54, 1.807) is 0 Å². The second kappa shape index (κ2) is 5.45. The lowest BCUT2D eigenvalue weighted by molar-refractivity contribution is 0.481. The van der Waals surface area contributed by atoms with Crippen molar-refractivity contribution in [3.63, 3.8) is 0 Å². The van der Waals surface area contributed by atoms with E-state index in [1.807, 2.05) is 0 Å². The zero-order valence-corrected chi connectivity index (χ0v) is 12.1. The van der Waals surface area contributed by atoms with Crippen LogP contribution in [0.15, 0.2) is 58.3 Å². The lowest BCUT2D eigenvalue weighted by atomic mass is 10.3. The van der Waals surface area contributed by atoms with Crippen LogP contribution in [-0.2, 0) is 20.2 Å². The fourth-order valence-electron chi connectivity index (χ4n) is 1.59. The van der Waals surface area contributed by atoms with Crippen LogP contribution in [0.2, 0.25) is 0 Å². The summed E-state index contributed by atoms with van der Waals surface area (Å²) in [5, 5.41) is 2.91. The second-order valence-electron chi connectivity index (χ2n) is 4.12. The molecule has 2 aromatic carbocycles. The molecule has 21 heavy (non-hydrogen) atoms. The van der Waals surface area contributed by atoms with Crippen molar-refractivity contribution in [2.24, 2.45) is 0 Å². The van der Waals surface area contributed by atoms with Crippen LogP contribution in [0.1, 0.15) is 0 Å². The van der Waals surface area contributed by atoms with Gasteiger partial charge in [0.1, 0.15) is 0 Å². The van der Waals surface area contributed by atoms with Gasteiger partial charge in [-0.3, -0.25) is 9.11 Å². The van der Waals surface area contributed by atoms with E-state index in [2.05, 4.69) is 5.32 Å². The summed E-state index contributed by atoms with van der Waals surface area (Å²) in [7, 11) is -8.47. The van der Waals surface area contributed by atoms with Crippen molar-refractivity contribution in [2.75, 3.05) is 5.32 Å². The smallest absolute Gasteiger partial charge is 0.294 e. The Bertz CT molecular complexity index is 766. The second-order valence-corrected chi connectivity index (χ2v) is 6.97. The molecule has 9 heteroatoms. The van der Waals surface area contributed by atoms with Gasteiger partial charge in [0.2, 0.25) is 0 Å². The average molecular weight is 329 g/mol. The van der Waals surface area contributed by atoms with E-state index < -0.39 is 20.2 Å². The molecule has 0 saturated heterocycles. The minimum absolute atomic E-state index is 0.227. The molecule has 0 atom stereocenters. The van der Waals surface area contributed by atoms with Crippen LogP contribution in [-0.4, -0.2) is 25.9 Å². The van der Waals surface area contributed by atoms with Crippen molar-refractivity contribution < 1.29 is 25.9 Å². The predicted octanol–water partition coefficient (Wildman–Crippen LogP) is 1.92. The summed E-state index contributed by atoms with van der Waals surface area (Å²) in [5.41, 5.74) is 1.09. The van der Waals surface area contributed by atoms with Gasteiger partial charge < -0.3 is 5.32 Å². The van der Waals surface area contributed by atoms with E-state index >= 15 is 0 Å². The highest BCUT2D eigenvalue weighted by molar-refractivity contribution is 7.86. The topological polar surface area (TPSA) is 121 Å². The fourth-order valence-corrected chi connectivity index (χ4v) is 2.55. The molecule has 0 spiro atoms. The quantitative estimate of drug-likeness (QED) is 0.733. The molecule has 0 bridgehead atoms. The first-order valence-electron chi connectivity index (χ1n) is 5.58. The van der Waals surface area contributed by atoms with E-state index in [-0.39, 0.29) is 9.79 Å². The van der Waals surface area contributed by atoms with Gasteiger partial charge in [-0.2, -0.15) is 16.8 Å². The van der Waals surface area contributed by atoms with Crippen LogP contribution in [0, 0.1) is 0 Å². The van der Waals surface area contributed by atoms with Crippen molar-refractivity contribution in [1.82, 2.24) is 0 Å². The molecule has 7 nitrogen and oxygen atoms in total. The van der Waals surface area contributed by atoms with Gasteiger partial charge in [-0.05, 0) is 48.5 Å². The van der Waals surface area contributed by atoms with Gasteiger partial charge in [0.05, 0.1) is 9.79 Å². The van der Waals surface area contributed by atoms with Gasteiger partial charge >= 0.3 is 0 Å². The molecule has 2 rings (SSSR count). The Balaban J connectivity index is 2.19. The first kappa shape index (κ1) is 15.4. The molecule has 0 saturated carbocycles. The molecule has 0 radical (unpaired) electrons. The summed E-state index contributed by atoms with van der Waals surface area (Å²) in [4.78, 5) is -0.454. The number of hydrogen-bond donors (Lipinski definition) is 3. The van der Waals surface area contributed by atoms with Crippen molar-refractivity contribution in [3.05, 3.63) is 48.5 Å². The van der Waals surface area contributed by atoms with Gasteiger partial charge in [0.15, 0.2) is 0 Å². The van der Waals surface area contributed by atoms with Crippen LogP contribution in [0.5, 0.6) is 0 Å². The van der Waals surface area contributed by atoms with Gasteiger partial charge in [0.25, 0.3) is 20.2 Å². The normalized spacial score (nSPS) is 12.1. The first-order valence-corrected chi connectivity index (χ1v) is 8.46. The summed E-state index contributed by atoms with van der Waals surface area (Å²) >= 11 is 0. The predicted molar refractivity (Wildman–Crippen MR) is 75.8 cm³/mol. The highest BCUT2D eigenvalue weighted by Gasteiger charge is 2.10. The minimum atomic E-state index is -4.24. The van der Waals surface area contributed by atoms with Gasteiger partial charge in [-0.1, -0.05) is 0 Å². The maximum absolute atomic E-state index is 10.9. The summed E-state index contributed by atoms with van der Waals surface area (Å²) in [6, 6.07) is 10.7. The lowest BCUT2D eigenvalue weighted by Gasteiger charge is -2.07. The Morgan fingerprint density at radius 3 is 1.14 bits per heavy atom. The van der Waals surface area contributed by atoms with Crippen LogP contribution in [0.3, 0.4) is 0 Å². The summed E-state index contributed by atoms with van der Waals surface area (Å²) in [5.74, 6) is 0. The van der Waals surface area contributed by atoms with Gasteiger partial charge in [-0.15, -0.1) is 0 Å².